The molecule has 0 aliphatic rings. The summed E-state index contributed by atoms with van der Waals surface area (Å²) in [5.41, 5.74) is 2.30. The molecule has 0 amide bonds. The van der Waals surface area contributed by atoms with Crippen LogP contribution in [0, 0.1) is 0 Å². The Balaban J connectivity index is 1.45. The first-order valence-electron chi connectivity index (χ1n) is 10.6. The average Bonchev–Trinajstić information content (AvgIpc) is 3.51. The van der Waals surface area contributed by atoms with Gasteiger partial charge in [-0.25, -0.2) is 4.98 Å². The zero-order valence-corrected chi connectivity index (χ0v) is 19.7. The van der Waals surface area contributed by atoms with Gasteiger partial charge in [0.25, 0.3) is 11.1 Å². The van der Waals surface area contributed by atoms with Gasteiger partial charge in [0.2, 0.25) is 5.78 Å². The summed E-state index contributed by atoms with van der Waals surface area (Å²) in [6.07, 6.45) is 0. The first kappa shape index (κ1) is 20.8. The summed E-state index contributed by atoms with van der Waals surface area (Å²) in [7, 11) is 1.70. The van der Waals surface area contributed by atoms with Crippen molar-refractivity contribution in [2.24, 2.45) is 7.05 Å². The third-order valence-corrected chi connectivity index (χ3v) is 7.60. The lowest BCUT2D eigenvalue weighted by molar-refractivity contribution is 0.658. The SMILES string of the molecule is Cn1c(=O)c2sccc2n2c(CSc3nc4ccccc4c(=O)n3Cc3ccccc3)nnc12. The Hall–Kier alpha value is -3.76. The van der Waals surface area contributed by atoms with E-state index in [4.69, 9.17) is 4.98 Å². The fourth-order valence-electron chi connectivity index (χ4n) is 4.04. The van der Waals surface area contributed by atoms with Crippen LogP contribution in [-0.4, -0.2) is 28.7 Å². The number of thiophene rings is 1. The van der Waals surface area contributed by atoms with Crippen LogP contribution in [0.15, 0.2) is 80.8 Å². The average molecular weight is 487 g/mol. The highest BCUT2D eigenvalue weighted by Crippen LogP contribution is 2.25. The molecule has 0 N–H and O–H groups in total. The Morgan fingerprint density at radius 3 is 2.59 bits per heavy atom. The molecule has 6 aromatic rings. The van der Waals surface area contributed by atoms with Crippen LogP contribution >= 0.6 is 23.1 Å². The molecule has 2 aromatic carbocycles. The first-order valence-corrected chi connectivity index (χ1v) is 12.4. The highest BCUT2D eigenvalue weighted by Gasteiger charge is 2.18. The second-order valence-corrected chi connectivity index (χ2v) is 9.69. The molecule has 6 rings (SSSR count). The lowest BCUT2D eigenvalue weighted by atomic mass is 10.2. The van der Waals surface area contributed by atoms with E-state index in [2.05, 4.69) is 10.2 Å². The highest BCUT2D eigenvalue weighted by atomic mass is 32.2. The van der Waals surface area contributed by atoms with E-state index in [1.54, 1.807) is 17.7 Å². The largest absolute Gasteiger partial charge is 0.283 e. The number of para-hydroxylation sites is 1. The number of aromatic nitrogens is 6. The normalized spacial score (nSPS) is 11.7. The smallest absolute Gasteiger partial charge is 0.272 e. The first-order chi connectivity index (χ1) is 16.6. The van der Waals surface area contributed by atoms with Crippen molar-refractivity contribution >= 4 is 50.0 Å². The van der Waals surface area contributed by atoms with E-state index in [0.29, 0.717) is 44.7 Å². The Bertz CT molecular complexity index is 1800. The minimum Gasteiger partial charge on any atom is -0.283 e. The van der Waals surface area contributed by atoms with Crippen LogP contribution in [0.2, 0.25) is 0 Å². The molecule has 34 heavy (non-hydrogen) atoms. The van der Waals surface area contributed by atoms with Gasteiger partial charge >= 0.3 is 0 Å². The van der Waals surface area contributed by atoms with E-state index in [0.717, 1.165) is 11.1 Å². The molecule has 0 saturated heterocycles. The summed E-state index contributed by atoms with van der Waals surface area (Å²) in [4.78, 5) is 30.8. The Kier molecular flexibility index (Phi) is 5.04. The number of aryl methyl sites for hydroxylation is 1. The maximum Gasteiger partial charge on any atom is 0.272 e. The predicted molar refractivity (Wildman–Crippen MR) is 135 cm³/mol. The van der Waals surface area contributed by atoms with Crippen LogP contribution in [-0.2, 0) is 19.3 Å². The van der Waals surface area contributed by atoms with Crippen molar-refractivity contribution in [2.45, 2.75) is 17.5 Å². The second kappa shape index (κ2) is 8.23. The fraction of sp³-hybridized carbons (Fsp3) is 0.125. The third kappa shape index (κ3) is 3.34. The predicted octanol–water partition coefficient (Wildman–Crippen LogP) is 3.69. The molecule has 0 unspecified atom stereocenters. The van der Waals surface area contributed by atoms with Gasteiger partial charge < -0.3 is 0 Å². The highest BCUT2D eigenvalue weighted by molar-refractivity contribution is 7.98. The number of thioether (sulfide) groups is 1. The maximum atomic E-state index is 13.4. The summed E-state index contributed by atoms with van der Waals surface area (Å²) in [6, 6.07) is 19.2. The minimum atomic E-state index is -0.0861. The van der Waals surface area contributed by atoms with E-state index in [1.165, 1.54) is 27.7 Å². The van der Waals surface area contributed by atoms with E-state index in [-0.39, 0.29) is 11.1 Å². The van der Waals surface area contributed by atoms with Crippen molar-refractivity contribution < 1.29 is 0 Å². The molecule has 10 heteroatoms. The standard InChI is InChI=1S/C24H18N6O2S2/c1-28-22(32)20-18(11-12-33-20)30-19(26-27-23(28)30)14-34-24-25-17-10-6-5-9-16(17)21(31)29(24)13-15-7-3-2-4-8-15/h2-12H,13-14H2,1H3. The van der Waals surface area contributed by atoms with Crippen molar-refractivity contribution in [1.82, 2.24) is 28.7 Å². The number of fused-ring (bicyclic) bond motifs is 4. The summed E-state index contributed by atoms with van der Waals surface area (Å²) < 4.78 is 5.79. The Morgan fingerprint density at radius 1 is 0.941 bits per heavy atom. The van der Waals surface area contributed by atoms with Crippen LogP contribution in [0.5, 0.6) is 0 Å². The van der Waals surface area contributed by atoms with Crippen molar-refractivity contribution in [2.75, 3.05) is 0 Å². The zero-order chi connectivity index (χ0) is 23.2. The van der Waals surface area contributed by atoms with Gasteiger partial charge in [0, 0.05) is 7.05 Å². The van der Waals surface area contributed by atoms with E-state index in [1.807, 2.05) is 64.4 Å². The van der Waals surface area contributed by atoms with Crippen LogP contribution in [0.25, 0.3) is 26.9 Å². The number of benzene rings is 2. The number of hydrogen-bond acceptors (Lipinski definition) is 7. The molecule has 0 radical (unpaired) electrons. The molecular formula is C24H18N6O2S2. The summed E-state index contributed by atoms with van der Waals surface area (Å²) in [5, 5.41) is 11.7. The van der Waals surface area contributed by atoms with Crippen molar-refractivity contribution in [3.63, 3.8) is 0 Å². The topological polar surface area (TPSA) is 87.1 Å². The lowest BCUT2D eigenvalue weighted by Gasteiger charge is -2.13. The van der Waals surface area contributed by atoms with Crippen LogP contribution in [0.1, 0.15) is 11.4 Å². The summed E-state index contributed by atoms with van der Waals surface area (Å²) in [5.74, 6) is 1.61. The second-order valence-electron chi connectivity index (χ2n) is 7.83. The van der Waals surface area contributed by atoms with Gasteiger partial charge in [0.05, 0.1) is 28.7 Å². The molecule has 0 fully saturated rings. The van der Waals surface area contributed by atoms with Crippen LogP contribution in [0.4, 0.5) is 0 Å². The molecule has 0 saturated carbocycles. The van der Waals surface area contributed by atoms with Crippen molar-refractivity contribution in [3.8, 4) is 0 Å². The number of hydrogen-bond donors (Lipinski definition) is 0. The van der Waals surface area contributed by atoms with Crippen LogP contribution in [0.3, 0.4) is 0 Å². The van der Waals surface area contributed by atoms with Gasteiger partial charge in [-0.05, 0) is 29.1 Å². The Labute approximate surface area is 201 Å². The van der Waals surface area contributed by atoms with Crippen molar-refractivity contribution in [3.05, 3.63) is 98.1 Å². The Morgan fingerprint density at radius 2 is 1.74 bits per heavy atom. The molecule has 0 bridgehead atoms. The number of rotatable bonds is 5. The van der Waals surface area contributed by atoms with Gasteiger partial charge in [-0.3, -0.25) is 23.1 Å². The van der Waals surface area contributed by atoms with Crippen LogP contribution < -0.4 is 11.1 Å². The third-order valence-electron chi connectivity index (χ3n) is 5.74. The molecule has 0 aliphatic carbocycles. The lowest BCUT2D eigenvalue weighted by Crippen LogP contribution is -2.24. The van der Waals surface area contributed by atoms with Gasteiger partial charge in [-0.2, -0.15) is 0 Å². The molecule has 4 aromatic heterocycles. The van der Waals surface area contributed by atoms with Gasteiger partial charge in [0.15, 0.2) is 5.16 Å². The summed E-state index contributed by atoms with van der Waals surface area (Å²) in [6.45, 7) is 0.420. The van der Waals surface area contributed by atoms with Gasteiger partial charge in [-0.1, -0.05) is 54.2 Å². The molecule has 168 valence electrons. The number of nitrogens with zero attached hydrogens (tertiary/aromatic N) is 6. The quantitative estimate of drug-likeness (QED) is 0.273. The van der Waals surface area contributed by atoms with E-state index >= 15 is 0 Å². The molecule has 8 nitrogen and oxygen atoms in total. The monoisotopic (exact) mass is 486 g/mol. The summed E-state index contributed by atoms with van der Waals surface area (Å²) >= 11 is 2.84. The van der Waals surface area contributed by atoms with E-state index < -0.39 is 0 Å². The van der Waals surface area contributed by atoms with Gasteiger partial charge in [0.1, 0.15) is 10.5 Å². The van der Waals surface area contributed by atoms with Gasteiger partial charge in [-0.15, -0.1) is 21.5 Å². The van der Waals surface area contributed by atoms with E-state index in [9.17, 15) is 9.59 Å². The molecular weight excluding hydrogens is 468 g/mol. The molecule has 0 spiro atoms. The molecule has 0 atom stereocenters. The zero-order valence-electron chi connectivity index (χ0n) is 18.1. The maximum absolute atomic E-state index is 13.4. The fourth-order valence-corrected chi connectivity index (χ4v) is 5.80. The van der Waals surface area contributed by atoms with Crippen molar-refractivity contribution in [1.29, 1.82) is 0 Å². The minimum absolute atomic E-state index is 0.0781. The molecule has 4 heterocycles. The molecule has 0 aliphatic heterocycles.